The van der Waals surface area contributed by atoms with Crippen LogP contribution in [0.5, 0.6) is 0 Å². The van der Waals surface area contributed by atoms with E-state index in [4.69, 9.17) is 0 Å². The second kappa shape index (κ2) is 8.57. The van der Waals surface area contributed by atoms with Crippen molar-refractivity contribution in [2.24, 2.45) is 0 Å². The largest absolute Gasteiger partial charge is 0.330 e. The fourth-order valence-electron chi connectivity index (χ4n) is 3.57. The molecule has 0 radical (unpaired) electrons. The molecule has 4 nitrogen and oxygen atoms in total. The van der Waals surface area contributed by atoms with Gasteiger partial charge < -0.3 is 15.1 Å². The molecular formula is C23H32N3O+. The van der Waals surface area contributed by atoms with Crippen LogP contribution in [0.2, 0.25) is 0 Å². The van der Waals surface area contributed by atoms with Crippen LogP contribution in [0.1, 0.15) is 38.3 Å². The van der Waals surface area contributed by atoms with E-state index in [1.54, 1.807) is 4.90 Å². The maximum atomic E-state index is 12.7. The second-order valence-electron chi connectivity index (χ2n) is 8.51. The first-order chi connectivity index (χ1) is 12.9. The number of carbonyl (C=O) groups excluding carboxylic acids is 1. The lowest BCUT2D eigenvalue weighted by Crippen LogP contribution is -3.11. The summed E-state index contributed by atoms with van der Waals surface area (Å²) >= 11 is 0. The topological polar surface area (TPSA) is 36.8 Å². The highest BCUT2D eigenvalue weighted by atomic mass is 16.2. The van der Waals surface area contributed by atoms with Crippen molar-refractivity contribution in [3.63, 3.8) is 0 Å². The molecule has 1 aliphatic heterocycles. The highest BCUT2D eigenvalue weighted by molar-refractivity contribution is 5.89. The summed E-state index contributed by atoms with van der Waals surface area (Å²) in [5, 5.41) is 3.06. The lowest BCUT2D eigenvalue weighted by atomic mass is 9.87. The molecule has 1 heterocycles. The summed E-state index contributed by atoms with van der Waals surface area (Å²) in [7, 11) is 0. The zero-order valence-corrected chi connectivity index (χ0v) is 16.8. The van der Waals surface area contributed by atoms with Crippen molar-refractivity contribution in [3.8, 4) is 0 Å². The minimum Gasteiger partial charge on any atom is -0.330 e. The van der Waals surface area contributed by atoms with E-state index in [0.717, 1.165) is 44.8 Å². The van der Waals surface area contributed by atoms with Crippen molar-refractivity contribution in [1.82, 2.24) is 4.90 Å². The average molecular weight is 367 g/mol. The van der Waals surface area contributed by atoms with E-state index in [1.165, 1.54) is 11.1 Å². The molecule has 0 aliphatic carbocycles. The summed E-state index contributed by atoms with van der Waals surface area (Å²) in [6.07, 6.45) is 1.04. The lowest BCUT2D eigenvalue weighted by molar-refractivity contribution is -0.911. The molecule has 2 aromatic carbocycles. The van der Waals surface area contributed by atoms with Crippen LogP contribution in [0.25, 0.3) is 0 Å². The Balaban J connectivity index is 1.53. The second-order valence-corrected chi connectivity index (χ2v) is 8.51. The first-order valence-electron chi connectivity index (χ1n) is 9.96. The van der Waals surface area contributed by atoms with Gasteiger partial charge in [-0.25, -0.2) is 4.79 Å². The Bertz CT molecular complexity index is 734. The fourth-order valence-corrected chi connectivity index (χ4v) is 3.57. The smallest absolute Gasteiger partial charge is 0.322 e. The quantitative estimate of drug-likeness (QED) is 0.859. The van der Waals surface area contributed by atoms with Gasteiger partial charge in [-0.15, -0.1) is 0 Å². The van der Waals surface area contributed by atoms with Crippen LogP contribution in [0.15, 0.2) is 54.6 Å². The molecule has 0 spiro atoms. The van der Waals surface area contributed by atoms with Crippen molar-refractivity contribution < 1.29 is 9.69 Å². The molecule has 2 N–H and O–H groups in total. The Kier molecular flexibility index (Phi) is 6.17. The molecular weight excluding hydrogens is 334 g/mol. The zero-order chi connectivity index (χ0) is 19.3. The van der Waals surface area contributed by atoms with Gasteiger partial charge in [0.25, 0.3) is 0 Å². The monoisotopic (exact) mass is 366 g/mol. The standard InChI is InChI=1S/C23H31N3O/c1-23(2,3)20-10-12-21(13-11-20)24-22(27)26-15-7-14-25(16-17-26)18-19-8-5-4-6-9-19/h4-6,8-13H,7,14-18H2,1-3H3,(H,24,27)/p+1. The molecule has 27 heavy (non-hydrogen) atoms. The Morgan fingerprint density at radius 2 is 1.70 bits per heavy atom. The number of urea groups is 1. The average Bonchev–Trinajstić information content (AvgIpc) is 2.88. The Morgan fingerprint density at radius 3 is 2.37 bits per heavy atom. The van der Waals surface area contributed by atoms with Crippen LogP contribution < -0.4 is 10.2 Å². The Morgan fingerprint density at radius 1 is 1.00 bits per heavy atom. The van der Waals surface area contributed by atoms with Gasteiger partial charge in [0.2, 0.25) is 0 Å². The number of hydrogen-bond acceptors (Lipinski definition) is 1. The van der Waals surface area contributed by atoms with E-state index in [1.807, 2.05) is 17.0 Å². The predicted molar refractivity (Wildman–Crippen MR) is 111 cm³/mol. The minimum absolute atomic E-state index is 0.0134. The highest BCUT2D eigenvalue weighted by Gasteiger charge is 2.21. The molecule has 1 fully saturated rings. The minimum atomic E-state index is 0.0134. The van der Waals surface area contributed by atoms with Gasteiger partial charge in [0.1, 0.15) is 6.54 Å². The van der Waals surface area contributed by atoms with Crippen LogP contribution in [-0.4, -0.2) is 37.1 Å². The van der Waals surface area contributed by atoms with E-state index >= 15 is 0 Å². The van der Waals surface area contributed by atoms with Crippen molar-refractivity contribution in [2.75, 3.05) is 31.5 Å². The number of amides is 2. The molecule has 0 bridgehead atoms. The number of rotatable bonds is 3. The molecule has 3 rings (SSSR count). The molecule has 4 heteroatoms. The maximum absolute atomic E-state index is 12.7. The molecule has 0 saturated carbocycles. The van der Waals surface area contributed by atoms with E-state index in [-0.39, 0.29) is 11.4 Å². The molecule has 0 aromatic heterocycles. The number of quaternary nitrogens is 1. The molecule has 1 aliphatic rings. The summed E-state index contributed by atoms with van der Waals surface area (Å²) in [6.45, 7) is 11.3. The van der Waals surface area contributed by atoms with Crippen LogP contribution in [0.3, 0.4) is 0 Å². The first-order valence-corrected chi connectivity index (χ1v) is 9.96. The third-order valence-electron chi connectivity index (χ3n) is 5.28. The first kappa shape index (κ1) is 19.4. The summed E-state index contributed by atoms with van der Waals surface area (Å²) in [4.78, 5) is 16.2. The SMILES string of the molecule is CC(C)(C)c1ccc(NC(=O)N2CCC[NH+](Cc3ccccc3)CC2)cc1. The lowest BCUT2D eigenvalue weighted by Gasteiger charge is -2.22. The van der Waals surface area contributed by atoms with Gasteiger partial charge >= 0.3 is 6.03 Å². The van der Waals surface area contributed by atoms with Crippen LogP contribution in [-0.2, 0) is 12.0 Å². The third-order valence-corrected chi connectivity index (χ3v) is 5.28. The summed E-state index contributed by atoms with van der Waals surface area (Å²) in [5.41, 5.74) is 3.63. The highest BCUT2D eigenvalue weighted by Crippen LogP contribution is 2.23. The third kappa shape index (κ3) is 5.57. The van der Waals surface area contributed by atoms with Gasteiger partial charge in [0, 0.05) is 24.2 Å². The molecule has 144 valence electrons. The summed E-state index contributed by atoms with van der Waals surface area (Å²) < 4.78 is 0. The van der Waals surface area contributed by atoms with Gasteiger partial charge in [-0.3, -0.25) is 0 Å². The van der Waals surface area contributed by atoms with Crippen LogP contribution >= 0.6 is 0 Å². The number of nitrogens with one attached hydrogen (secondary N) is 2. The van der Waals surface area contributed by atoms with Crippen molar-refractivity contribution in [1.29, 1.82) is 0 Å². The van der Waals surface area contributed by atoms with Gasteiger partial charge in [-0.05, 0) is 23.1 Å². The number of nitrogens with zero attached hydrogens (tertiary/aromatic N) is 1. The molecule has 2 aromatic rings. The van der Waals surface area contributed by atoms with Crippen molar-refractivity contribution in [3.05, 3.63) is 65.7 Å². The Labute approximate surface area is 163 Å². The van der Waals surface area contributed by atoms with Crippen LogP contribution in [0.4, 0.5) is 10.5 Å². The zero-order valence-electron chi connectivity index (χ0n) is 16.8. The number of carbonyl (C=O) groups is 1. The maximum Gasteiger partial charge on any atom is 0.322 e. The van der Waals surface area contributed by atoms with Gasteiger partial charge in [-0.2, -0.15) is 0 Å². The molecule has 1 atom stereocenters. The molecule has 1 saturated heterocycles. The number of hydrogen-bond donors (Lipinski definition) is 2. The summed E-state index contributed by atoms with van der Waals surface area (Å²) in [6, 6.07) is 18.8. The van der Waals surface area contributed by atoms with E-state index < -0.39 is 0 Å². The predicted octanol–water partition coefficient (Wildman–Crippen LogP) is 3.31. The number of anilines is 1. The van der Waals surface area contributed by atoms with E-state index in [2.05, 4.69) is 68.6 Å². The van der Waals surface area contributed by atoms with Crippen LogP contribution in [0, 0.1) is 0 Å². The van der Waals surface area contributed by atoms with Gasteiger partial charge in [0.05, 0.1) is 19.6 Å². The van der Waals surface area contributed by atoms with Gasteiger partial charge in [0.15, 0.2) is 0 Å². The number of benzene rings is 2. The molecule has 2 amide bonds. The fraction of sp³-hybridized carbons (Fsp3) is 0.435. The molecule has 1 unspecified atom stereocenters. The van der Waals surface area contributed by atoms with Crippen molar-refractivity contribution in [2.45, 2.75) is 39.2 Å². The van der Waals surface area contributed by atoms with E-state index in [0.29, 0.717) is 0 Å². The van der Waals surface area contributed by atoms with Crippen molar-refractivity contribution >= 4 is 11.7 Å². The summed E-state index contributed by atoms with van der Waals surface area (Å²) in [5.74, 6) is 0. The van der Waals surface area contributed by atoms with E-state index in [9.17, 15) is 4.79 Å². The normalized spacial score (nSPS) is 18.0. The Hall–Kier alpha value is -2.33. The van der Waals surface area contributed by atoms with Gasteiger partial charge in [-0.1, -0.05) is 63.2 Å².